The Hall–Kier alpha value is -1.06. The molecule has 0 aromatic carbocycles. The first kappa shape index (κ1) is 13.9. The van der Waals surface area contributed by atoms with Crippen LogP contribution in [0.2, 0.25) is 0 Å². The van der Waals surface area contributed by atoms with Crippen molar-refractivity contribution in [2.24, 2.45) is 0 Å². The fraction of sp³-hybridized carbons (Fsp3) is 0.818. The standard InChI is InChI=1S/C11H22N2O2/c1-4-5-6-7-8-12-11(15)9(2)13-10(3)14/h9H,4-8H2,1-3H3,(H,12,15)(H,13,14). The zero-order valence-electron chi connectivity index (χ0n) is 9.93. The minimum absolute atomic E-state index is 0.110. The summed E-state index contributed by atoms with van der Waals surface area (Å²) in [5, 5.41) is 5.34. The summed E-state index contributed by atoms with van der Waals surface area (Å²) < 4.78 is 0. The van der Waals surface area contributed by atoms with Crippen molar-refractivity contribution in [1.29, 1.82) is 0 Å². The third kappa shape index (κ3) is 7.97. The summed E-state index contributed by atoms with van der Waals surface area (Å²) in [5.41, 5.74) is 0. The zero-order chi connectivity index (χ0) is 11.7. The van der Waals surface area contributed by atoms with Gasteiger partial charge in [0.15, 0.2) is 0 Å². The lowest BCUT2D eigenvalue weighted by Crippen LogP contribution is -2.44. The third-order valence-corrected chi connectivity index (χ3v) is 2.14. The first-order chi connectivity index (χ1) is 7.07. The average Bonchev–Trinajstić information content (AvgIpc) is 2.16. The van der Waals surface area contributed by atoms with Crippen molar-refractivity contribution in [2.45, 2.75) is 52.5 Å². The molecule has 88 valence electrons. The molecule has 1 atom stereocenters. The summed E-state index contributed by atoms with van der Waals surface area (Å²) in [6, 6.07) is -0.436. The van der Waals surface area contributed by atoms with Gasteiger partial charge >= 0.3 is 0 Å². The van der Waals surface area contributed by atoms with Gasteiger partial charge in [-0.2, -0.15) is 0 Å². The lowest BCUT2D eigenvalue weighted by molar-refractivity contribution is -0.127. The predicted molar refractivity (Wildman–Crippen MR) is 60.4 cm³/mol. The number of nitrogens with one attached hydrogen (secondary N) is 2. The third-order valence-electron chi connectivity index (χ3n) is 2.14. The Morgan fingerprint density at radius 3 is 2.40 bits per heavy atom. The van der Waals surface area contributed by atoms with Crippen molar-refractivity contribution in [3.05, 3.63) is 0 Å². The van der Waals surface area contributed by atoms with Gasteiger partial charge in [0.1, 0.15) is 6.04 Å². The van der Waals surface area contributed by atoms with Gasteiger partial charge in [0.2, 0.25) is 11.8 Å². The van der Waals surface area contributed by atoms with Crippen molar-refractivity contribution in [3.8, 4) is 0 Å². The molecule has 0 bridgehead atoms. The maximum atomic E-state index is 11.4. The van der Waals surface area contributed by atoms with E-state index in [9.17, 15) is 9.59 Å². The highest BCUT2D eigenvalue weighted by Gasteiger charge is 2.11. The van der Waals surface area contributed by atoms with Crippen LogP contribution in [0.5, 0.6) is 0 Å². The second-order valence-electron chi connectivity index (χ2n) is 3.77. The van der Waals surface area contributed by atoms with E-state index < -0.39 is 6.04 Å². The highest BCUT2D eigenvalue weighted by Crippen LogP contribution is 1.97. The Kier molecular flexibility index (Phi) is 7.68. The minimum Gasteiger partial charge on any atom is -0.354 e. The summed E-state index contributed by atoms with van der Waals surface area (Å²) in [6.45, 7) is 5.94. The maximum absolute atomic E-state index is 11.4. The molecule has 0 aromatic heterocycles. The van der Waals surface area contributed by atoms with Crippen molar-refractivity contribution < 1.29 is 9.59 Å². The highest BCUT2D eigenvalue weighted by molar-refractivity contribution is 5.86. The second kappa shape index (κ2) is 8.26. The van der Waals surface area contributed by atoms with E-state index >= 15 is 0 Å². The quantitative estimate of drug-likeness (QED) is 0.626. The van der Waals surface area contributed by atoms with Crippen LogP contribution in [0.15, 0.2) is 0 Å². The number of hydrogen-bond acceptors (Lipinski definition) is 2. The second-order valence-corrected chi connectivity index (χ2v) is 3.77. The molecule has 0 aromatic rings. The van der Waals surface area contributed by atoms with Crippen LogP contribution in [-0.2, 0) is 9.59 Å². The molecule has 0 radical (unpaired) electrons. The molecule has 0 heterocycles. The summed E-state index contributed by atoms with van der Waals surface area (Å²) in [4.78, 5) is 22.1. The van der Waals surface area contributed by atoms with E-state index in [1.165, 1.54) is 19.8 Å². The Labute approximate surface area is 91.8 Å². The normalized spacial score (nSPS) is 11.9. The molecule has 0 aliphatic carbocycles. The molecule has 0 aliphatic heterocycles. The van der Waals surface area contributed by atoms with E-state index in [4.69, 9.17) is 0 Å². The van der Waals surface area contributed by atoms with Crippen molar-refractivity contribution >= 4 is 11.8 Å². The fourth-order valence-corrected chi connectivity index (χ4v) is 1.29. The largest absolute Gasteiger partial charge is 0.354 e. The van der Waals surface area contributed by atoms with Crippen LogP contribution >= 0.6 is 0 Å². The minimum atomic E-state index is -0.436. The molecule has 2 N–H and O–H groups in total. The van der Waals surface area contributed by atoms with Crippen molar-refractivity contribution in [2.75, 3.05) is 6.54 Å². The molecular formula is C11H22N2O2. The molecule has 0 fully saturated rings. The van der Waals surface area contributed by atoms with Crippen LogP contribution in [-0.4, -0.2) is 24.4 Å². The Morgan fingerprint density at radius 1 is 1.20 bits per heavy atom. The monoisotopic (exact) mass is 214 g/mol. The maximum Gasteiger partial charge on any atom is 0.242 e. The van der Waals surface area contributed by atoms with E-state index in [2.05, 4.69) is 17.6 Å². The first-order valence-electron chi connectivity index (χ1n) is 5.62. The number of amides is 2. The Balaban J connectivity index is 3.51. The fourth-order valence-electron chi connectivity index (χ4n) is 1.29. The summed E-state index contributed by atoms with van der Waals surface area (Å²) in [6.07, 6.45) is 4.55. The van der Waals surface area contributed by atoms with E-state index in [0.717, 1.165) is 12.8 Å². The molecular weight excluding hydrogens is 192 g/mol. The molecule has 15 heavy (non-hydrogen) atoms. The van der Waals surface area contributed by atoms with Gasteiger partial charge in [-0.3, -0.25) is 9.59 Å². The molecule has 1 unspecified atom stereocenters. The number of rotatable bonds is 7. The number of unbranched alkanes of at least 4 members (excludes halogenated alkanes) is 3. The topological polar surface area (TPSA) is 58.2 Å². The zero-order valence-corrected chi connectivity index (χ0v) is 9.93. The SMILES string of the molecule is CCCCCCNC(=O)C(C)NC(C)=O. The molecule has 0 spiro atoms. The van der Waals surface area contributed by atoms with Gasteiger partial charge in [-0.15, -0.1) is 0 Å². The average molecular weight is 214 g/mol. The van der Waals surface area contributed by atoms with Gasteiger partial charge in [-0.1, -0.05) is 26.2 Å². The molecule has 0 saturated heterocycles. The number of hydrogen-bond donors (Lipinski definition) is 2. The number of carbonyl (C=O) groups excluding carboxylic acids is 2. The van der Waals surface area contributed by atoms with Crippen LogP contribution < -0.4 is 10.6 Å². The van der Waals surface area contributed by atoms with Crippen LogP contribution in [0.25, 0.3) is 0 Å². The smallest absolute Gasteiger partial charge is 0.242 e. The van der Waals surface area contributed by atoms with E-state index in [1.54, 1.807) is 6.92 Å². The Bertz CT molecular complexity index is 205. The van der Waals surface area contributed by atoms with Gasteiger partial charge in [0.05, 0.1) is 0 Å². The van der Waals surface area contributed by atoms with Gasteiger partial charge in [0.25, 0.3) is 0 Å². The summed E-state index contributed by atoms with van der Waals surface area (Å²) in [5.74, 6) is -0.287. The summed E-state index contributed by atoms with van der Waals surface area (Å²) >= 11 is 0. The van der Waals surface area contributed by atoms with Crippen LogP contribution in [0.3, 0.4) is 0 Å². The van der Waals surface area contributed by atoms with E-state index in [-0.39, 0.29) is 11.8 Å². The lowest BCUT2D eigenvalue weighted by Gasteiger charge is -2.12. The molecule has 0 aliphatic rings. The first-order valence-corrected chi connectivity index (χ1v) is 5.62. The lowest BCUT2D eigenvalue weighted by atomic mass is 10.2. The molecule has 0 saturated carbocycles. The number of carbonyl (C=O) groups is 2. The predicted octanol–water partition coefficient (Wildman–Crippen LogP) is 1.21. The molecule has 4 heteroatoms. The van der Waals surface area contributed by atoms with Crippen molar-refractivity contribution in [1.82, 2.24) is 10.6 Å². The van der Waals surface area contributed by atoms with Gasteiger partial charge in [0, 0.05) is 13.5 Å². The highest BCUT2D eigenvalue weighted by atomic mass is 16.2. The molecule has 4 nitrogen and oxygen atoms in total. The van der Waals surface area contributed by atoms with E-state index in [0.29, 0.717) is 6.54 Å². The molecule has 0 rings (SSSR count). The van der Waals surface area contributed by atoms with Crippen LogP contribution in [0.4, 0.5) is 0 Å². The van der Waals surface area contributed by atoms with Gasteiger partial charge in [-0.05, 0) is 13.3 Å². The van der Waals surface area contributed by atoms with Crippen LogP contribution in [0, 0.1) is 0 Å². The summed E-state index contributed by atoms with van der Waals surface area (Å²) in [7, 11) is 0. The van der Waals surface area contributed by atoms with Gasteiger partial charge in [-0.25, -0.2) is 0 Å². The van der Waals surface area contributed by atoms with Gasteiger partial charge < -0.3 is 10.6 Å². The van der Waals surface area contributed by atoms with Crippen LogP contribution in [0.1, 0.15) is 46.5 Å². The Morgan fingerprint density at radius 2 is 1.87 bits per heavy atom. The van der Waals surface area contributed by atoms with Crippen molar-refractivity contribution in [3.63, 3.8) is 0 Å². The molecule has 2 amide bonds. The van der Waals surface area contributed by atoms with E-state index in [1.807, 2.05) is 0 Å².